The molecular formula is C22H31ClN2O4. The van der Waals surface area contributed by atoms with Crippen molar-refractivity contribution in [3.63, 3.8) is 0 Å². The molecule has 1 aliphatic heterocycles. The third-order valence-electron chi connectivity index (χ3n) is 6.63. The third kappa shape index (κ3) is 4.10. The van der Waals surface area contributed by atoms with Crippen molar-refractivity contribution in [3.8, 4) is 5.75 Å². The Bertz CT molecular complexity index is 774. The normalized spacial score (nSPS) is 26.6. The highest BCUT2D eigenvalue weighted by molar-refractivity contribution is 6.31. The molecule has 0 radical (unpaired) electrons. The number of ether oxygens (including phenoxy) is 2. The average Bonchev–Trinajstić information content (AvgIpc) is 2.71. The predicted octanol–water partition coefficient (Wildman–Crippen LogP) is 3.38. The van der Waals surface area contributed by atoms with Crippen molar-refractivity contribution in [1.82, 2.24) is 10.2 Å². The molecule has 3 rings (SSSR count). The van der Waals surface area contributed by atoms with Gasteiger partial charge in [0.2, 0.25) is 5.91 Å². The van der Waals surface area contributed by atoms with Gasteiger partial charge in [-0.3, -0.25) is 9.59 Å². The fourth-order valence-electron chi connectivity index (χ4n) is 5.06. The summed E-state index contributed by atoms with van der Waals surface area (Å²) in [5, 5.41) is 3.73. The fraction of sp³-hybridized carbons (Fsp3) is 0.636. The summed E-state index contributed by atoms with van der Waals surface area (Å²) in [6.07, 6.45) is 1.45. The molecule has 3 unspecified atom stereocenters. The van der Waals surface area contributed by atoms with Gasteiger partial charge in [-0.25, -0.2) is 0 Å². The van der Waals surface area contributed by atoms with Gasteiger partial charge >= 0.3 is 0 Å². The lowest BCUT2D eigenvalue weighted by atomic mass is 9.57. The van der Waals surface area contributed by atoms with Crippen molar-refractivity contribution < 1.29 is 19.1 Å². The number of nitrogens with zero attached hydrogens (tertiary/aromatic N) is 1. The highest BCUT2D eigenvalue weighted by atomic mass is 35.5. The maximum atomic E-state index is 12.9. The molecule has 1 aromatic rings. The minimum atomic E-state index is -0.111. The summed E-state index contributed by atoms with van der Waals surface area (Å²) in [7, 11) is 3.26. The molecule has 0 aromatic heterocycles. The Kier molecular flexibility index (Phi) is 6.44. The van der Waals surface area contributed by atoms with E-state index in [4.69, 9.17) is 21.1 Å². The van der Waals surface area contributed by atoms with E-state index in [1.807, 2.05) is 0 Å². The first-order valence-electron chi connectivity index (χ1n) is 10.2. The highest BCUT2D eigenvalue weighted by Crippen LogP contribution is 2.47. The number of halogens is 1. The smallest absolute Gasteiger partial charge is 0.257 e. The van der Waals surface area contributed by atoms with Gasteiger partial charge in [0, 0.05) is 48.5 Å². The lowest BCUT2D eigenvalue weighted by Gasteiger charge is -2.56. The van der Waals surface area contributed by atoms with E-state index in [0.717, 1.165) is 0 Å². The van der Waals surface area contributed by atoms with Crippen LogP contribution in [0.1, 0.15) is 44.0 Å². The van der Waals surface area contributed by atoms with Crippen molar-refractivity contribution in [2.45, 2.75) is 45.8 Å². The predicted molar refractivity (Wildman–Crippen MR) is 112 cm³/mol. The minimum Gasteiger partial charge on any atom is -0.496 e. The number of carbonyl (C=O) groups excluding carboxylic acids is 2. The van der Waals surface area contributed by atoms with Crippen LogP contribution in [-0.2, 0) is 9.53 Å². The SMILES string of the molecule is COc1ccc(Cl)cc1C(=O)N1CCC(C(=O)NC2C(C)C(OC)C2(C)C)CC1. The first kappa shape index (κ1) is 21.9. The number of carbonyl (C=O) groups is 2. The third-order valence-corrected chi connectivity index (χ3v) is 6.87. The van der Waals surface area contributed by atoms with E-state index in [1.54, 1.807) is 30.2 Å². The van der Waals surface area contributed by atoms with Crippen molar-refractivity contribution in [3.05, 3.63) is 28.8 Å². The van der Waals surface area contributed by atoms with Crippen LogP contribution in [0.3, 0.4) is 0 Å². The molecule has 2 fully saturated rings. The topological polar surface area (TPSA) is 67.9 Å². The average molecular weight is 423 g/mol. The monoisotopic (exact) mass is 422 g/mol. The maximum Gasteiger partial charge on any atom is 0.257 e. The quantitative estimate of drug-likeness (QED) is 0.789. The minimum absolute atomic E-state index is 0.0788. The van der Waals surface area contributed by atoms with Crippen molar-refractivity contribution in [2.75, 3.05) is 27.3 Å². The molecule has 0 spiro atoms. The molecule has 1 aliphatic carbocycles. The molecule has 1 saturated heterocycles. The second-order valence-electron chi connectivity index (χ2n) is 8.73. The van der Waals surface area contributed by atoms with Gasteiger partial charge in [0.05, 0.1) is 18.8 Å². The molecule has 1 saturated carbocycles. The Labute approximate surface area is 177 Å². The Balaban J connectivity index is 1.57. The zero-order chi connectivity index (χ0) is 21.3. The molecule has 7 heteroatoms. The van der Waals surface area contributed by atoms with E-state index in [2.05, 4.69) is 26.1 Å². The van der Waals surface area contributed by atoms with Gasteiger partial charge in [-0.05, 0) is 31.0 Å². The molecule has 1 heterocycles. The van der Waals surface area contributed by atoms with Gasteiger partial charge in [0.1, 0.15) is 5.75 Å². The van der Waals surface area contributed by atoms with E-state index in [0.29, 0.717) is 42.3 Å². The van der Waals surface area contributed by atoms with Gasteiger partial charge in [0.25, 0.3) is 5.91 Å². The lowest BCUT2D eigenvalue weighted by molar-refractivity contribution is -0.156. The summed E-state index contributed by atoms with van der Waals surface area (Å²) in [6.45, 7) is 7.45. The first-order chi connectivity index (χ1) is 13.7. The number of nitrogens with one attached hydrogen (secondary N) is 1. The summed E-state index contributed by atoms with van der Waals surface area (Å²) in [5.74, 6) is 0.686. The van der Waals surface area contributed by atoms with Gasteiger partial charge < -0.3 is 19.7 Å². The van der Waals surface area contributed by atoms with Gasteiger partial charge in [-0.2, -0.15) is 0 Å². The van der Waals surface area contributed by atoms with Gasteiger partial charge in [0.15, 0.2) is 0 Å². The number of hydrogen-bond acceptors (Lipinski definition) is 4. The molecule has 1 N–H and O–H groups in total. The van der Waals surface area contributed by atoms with Crippen LogP contribution in [0.5, 0.6) is 5.75 Å². The number of methoxy groups -OCH3 is 2. The van der Waals surface area contributed by atoms with Crippen LogP contribution in [0.4, 0.5) is 0 Å². The number of rotatable bonds is 5. The molecule has 6 nitrogen and oxygen atoms in total. The van der Waals surface area contributed by atoms with Crippen LogP contribution in [0.15, 0.2) is 18.2 Å². The summed E-state index contributed by atoms with van der Waals surface area (Å²) in [6, 6.07) is 5.14. The lowest BCUT2D eigenvalue weighted by Crippen LogP contribution is -2.68. The molecule has 3 atom stereocenters. The Hall–Kier alpha value is -1.79. The van der Waals surface area contributed by atoms with E-state index in [-0.39, 0.29) is 41.2 Å². The second kappa shape index (κ2) is 8.52. The van der Waals surface area contributed by atoms with E-state index in [9.17, 15) is 9.59 Å². The van der Waals surface area contributed by atoms with Crippen molar-refractivity contribution in [1.29, 1.82) is 0 Å². The summed E-state index contributed by atoms with van der Waals surface area (Å²) in [4.78, 5) is 27.5. The first-order valence-corrected chi connectivity index (χ1v) is 10.5. The second-order valence-corrected chi connectivity index (χ2v) is 9.17. The van der Waals surface area contributed by atoms with Crippen molar-refractivity contribution >= 4 is 23.4 Å². The Morgan fingerprint density at radius 3 is 2.41 bits per heavy atom. The largest absolute Gasteiger partial charge is 0.496 e. The fourth-order valence-corrected chi connectivity index (χ4v) is 5.23. The number of piperidine rings is 1. The van der Waals surface area contributed by atoms with E-state index < -0.39 is 0 Å². The molecule has 1 aromatic carbocycles. The van der Waals surface area contributed by atoms with Gasteiger partial charge in [-0.1, -0.05) is 32.4 Å². The van der Waals surface area contributed by atoms with Crippen LogP contribution in [0.25, 0.3) is 0 Å². The van der Waals surface area contributed by atoms with Crippen LogP contribution < -0.4 is 10.1 Å². The zero-order valence-electron chi connectivity index (χ0n) is 17.8. The molecule has 2 amide bonds. The molecule has 160 valence electrons. The standard InChI is InChI=1S/C22H31ClN2O4/c1-13-18(22(2,3)19(13)29-5)24-20(26)14-8-10-25(11-9-14)21(27)16-12-15(23)6-7-17(16)28-4/h6-7,12-14,18-19H,8-11H2,1-5H3,(H,24,26). The number of hydrogen-bond donors (Lipinski definition) is 1. The number of likely N-dealkylation sites (tertiary alicyclic amines) is 1. The Morgan fingerprint density at radius 2 is 1.86 bits per heavy atom. The van der Waals surface area contributed by atoms with E-state index >= 15 is 0 Å². The van der Waals surface area contributed by atoms with E-state index in [1.165, 1.54) is 7.11 Å². The summed E-state index contributed by atoms with van der Waals surface area (Å²) in [5.41, 5.74) is 0.377. The molecule has 29 heavy (non-hydrogen) atoms. The van der Waals surface area contributed by atoms with Crippen molar-refractivity contribution in [2.24, 2.45) is 17.3 Å². The zero-order valence-corrected chi connectivity index (χ0v) is 18.6. The van der Waals surface area contributed by atoms with Crippen LogP contribution in [0.2, 0.25) is 5.02 Å². The van der Waals surface area contributed by atoms with Crippen LogP contribution in [-0.4, -0.2) is 56.2 Å². The van der Waals surface area contributed by atoms with Crippen LogP contribution >= 0.6 is 11.6 Å². The Morgan fingerprint density at radius 1 is 1.21 bits per heavy atom. The van der Waals surface area contributed by atoms with Crippen LogP contribution in [0, 0.1) is 17.3 Å². The summed E-state index contributed by atoms with van der Waals surface area (Å²) < 4.78 is 10.9. The number of amides is 2. The molecule has 2 aliphatic rings. The molecular weight excluding hydrogens is 392 g/mol. The summed E-state index contributed by atoms with van der Waals surface area (Å²) >= 11 is 6.06. The number of benzene rings is 1. The van der Waals surface area contributed by atoms with Gasteiger partial charge in [-0.15, -0.1) is 0 Å². The molecule has 0 bridgehead atoms. The maximum absolute atomic E-state index is 12.9. The highest BCUT2D eigenvalue weighted by Gasteiger charge is 2.55.